The molecule has 0 aliphatic carbocycles. The zero-order valence-corrected chi connectivity index (χ0v) is 12.6. The number of carbonyl (C=O) groups is 1. The van der Waals surface area contributed by atoms with Crippen LogP contribution in [0.3, 0.4) is 0 Å². The number of nitrogens with zero attached hydrogens (tertiary/aromatic N) is 1. The van der Waals surface area contributed by atoms with Gasteiger partial charge in [0, 0.05) is 19.5 Å². The van der Waals surface area contributed by atoms with Gasteiger partial charge >= 0.3 is 5.76 Å². The first-order chi connectivity index (χ1) is 9.69. The van der Waals surface area contributed by atoms with Gasteiger partial charge in [-0.1, -0.05) is 19.9 Å². The molecule has 0 aliphatic heterocycles. The maximum atomic E-state index is 11.5. The highest BCUT2D eigenvalue weighted by atomic mass is 16.4. The van der Waals surface area contributed by atoms with Crippen LogP contribution < -0.4 is 17.2 Å². The molecule has 6 nitrogen and oxygen atoms in total. The van der Waals surface area contributed by atoms with E-state index >= 15 is 0 Å². The van der Waals surface area contributed by atoms with Crippen LogP contribution >= 0.6 is 0 Å². The van der Waals surface area contributed by atoms with Crippen molar-refractivity contribution in [3.63, 3.8) is 0 Å². The van der Waals surface area contributed by atoms with E-state index in [1.54, 1.807) is 13.1 Å². The van der Waals surface area contributed by atoms with Gasteiger partial charge in [-0.2, -0.15) is 0 Å². The Morgan fingerprint density at radius 1 is 1.43 bits per heavy atom. The number of primary amides is 1. The third-order valence-corrected chi connectivity index (χ3v) is 3.67. The zero-order valence-electron chi connectivity index (χ0n) is 12.6. The molecular formula is C15H21N3O3. The quantitative estimate of drug-likeness (QED) is 0.869. The first kappa shape index (κ1) is 15.3. The molecule has 2 rings (SSSR count). The first-order valence-corrected chi connectivity index (χ1v) is 6.83. The molecule has 0 bridgehead atoms. The number of benzene rings is 1. The topological polar surface area (TPSA) is 104 Å². The largest absolute Gasteiger partial charge is 0.419 e. The van der Waals surface area contributed by atoms with E-state index in [2.05, 4.69) is 0 Å². The first-order valence-electron chi connectivity index (χ1n) is 6.83. The summed E-state index contributed by atoms with van der Waals surface area (Å²) in [7, 11) is 1.66. The lowest BCUT2D eigenvalue weighted by Gasteiger charge is -2.26. The van der Waals surface area contributed by atoms with Crippen molar-refractivity contribution >= 4 is 17.0 Å². The minimum Gasteiger partial charge on any atom is -0.408 e. The van der Waals surface area contributed by atoms with E-state index in [0.29, 0.717) is 12.0 Å². The van der Waals surface area contributed by atoms with Crippen LogP contribution in [0.1, 0.15) is 38.3 Å². The van der Waals surface area contributed by atoms with Crippen LogP contribution in [0, 0.1) is 5.41 Å². The smallest absolute Gasteiger partial charge is 0.408 e. The molecule has 6 heteroatoms. The number of amides is 1. The van der Waals surface area contributed by atoms with Gasteiger partial charge in [0.1, 0.15) is 0 Å². The summed E-state index contributed by atoms with van der Waals surface area (Å²) in [5.74, 6) is -0.735. The van der Waals surface area contributed by atoms with Crippen LogP contribution in [0.15, 0.2) is 27.4 Å². The van der Waals surface area contributed by atoms with E-state index < -0.39 is 5.76 Å². The van der Waals surface area contributed by atoms with Gasteiger partial charge in [-0.25, -0.2) is 4.79 Å². The highest BCUT2D eigenvalue weighted by Gasteiger charge is 2.24. The van der Waals surface area contributed by atoms with Crippen LogP contribution in [0.4, 0.5) is 0 Å². The zero-order chi connectivity index (χ0) is 15.8. The fourth-order valence-corrected chi connectivity index (χ4v) is 2.64. The molecule has 0 spiro atoms. The van der Waals surface area contributed by atoms with E-state index in [0.717, 1.165) is 11.1 Å². The molecule has 1 amide bonds. The number of aryl methyl sites for hydroxylation is 1. The molecule has 1 heterocycles. The van der Waals surface area contributed by atoms with E-state index in [4.69, 9.17) is 15.9 Å². The fourth-order valence-electron chi connectivity index (χ4n) is 2.64. The normalized spacial score (nSPS) is 13.5. The van der Waals surface area contributed by atoms with Crippen molar-refractivity contribution in [2.75, 3.05) is 0 Å². The number of hydrogen-bond acceptors (Lipinski definition) is 4. The molecule has 1 unspecified atom stereocenters. The van der Waals surface area contributed by atoms with Gasteiger partial charge in [-0.3, -0.25) is 9.36 Å². The van der Waals surface area contributed by atoms with Gasteiger partial charge in [0.05, 0.1) is 5.52 Å². The maximum absolute atomic E-state index is 11.5. The molecule has 2 aromatic rings. The van der Waals surface area contributed by atoms with Gasteiger partial charge < -0.3 is 15.9 Å². The summed E-state index contributed by atoms with van der Waals surface area (Å²) in [5.41, 5.74) is 13.3. The molecule has 0 aliphatic rings. The Labute approximate surface area is 122 Å². The summed E-state index contributed by atoms with van der Waals surface area (Å²) in [6.45, 7) is 3.91. The van der Waals surface area contributed by atoms with Gasteiger partial charge in [-0.15, -0.1) is 0 Å². The standard InChI is InChI=1S/C15H21N3O3/c1-15(2,8-13(17)19)7-10(16)9-4-5-11-12(6-9)21-14(20)18(11)3/h4-6,10H,7-8,16H2,1-3H3,(H2,17,19). The average Bonchev–Trinajstić information content (AvgIpc) is 2.62. The second kappa shape index (κ2) is 5.37. The molecule has 0 saturated carbocycles. The highest BCUT2D eigenvalue weighted by molar-refractivity contribution is 5.75. The minimum absolute atomic E-state index is 0.255. The second-order valence-electron chi connectivity index (χ2n) is 6.27. The molecule has 4 N–H and O–H groups in total. The molecule has 0 radical (unpaired) electrons. The summed E-state index contributed by atoms with van der Waals surface area (Å²) < 4.78 is 6.61. The van der Waals surface area contributed by atoms with Gasteiger partial charge in [0.2, 0.25) is 5.91 Å². The van der Waals surface area contributed by atoms with E-state index in [1.807, 2.05) is 26.0 Å². The lowest BCUT2D eigenvalue weighted by Crippen LogP contribution is -2.27. The molecule has 1 aromatic carbocycles. The molecule has 1 atom stereocenters. The Morgan fingerprint density at radius 3 is 2.71 bits per heavy atom. The van der Waals surface area contributed by atoms with Gasteiger partial charge in [0.25, 0.3) is 0 Å². The van der Waals surface area contributed by atoms with Crippen molar-refractivity contribution in [3.05, 3.63) is 34.3 Å². The highest BCUT2D eigenvalue weighted by Crippen LogP contribution is 2.32. The molecule has 1 aromatic heterocycles. The molecule has 0 fully saturated rings. The summed E-state index contributed by atoms with van der Waals surface area (Å²) in [4.78, 5) is 22.6. The van der Waals surface area contributed by atoms with E-state index in [1.165, 1.54) is 4.57 Å². The van der Waals surface area contributed by atoms with Gasteiger partial charge in [0.15, 0.2) is 5.58 Å². The molecular weight excluding hydrogens is 270 g/mol. The van der Waals surface area contributed by atoms with E-state index in [9.17, 15) is 9.59 Å². The number of hydrogen-bond donors (Lipinski definition) is 2. The number of aromatic nitrogens is 1. The monoisotopic (exact) mass is 291 g/mol. The molecule has 114 valence electrons. The van der Waals surface area contributed by atoms with Crippen LogP contribution in [-0.4, -0.2) is 10.5 Å². The minimum atomic E-state index is -0.398. The molecule has 21 heavy (non-hydrogen) atoms. The maximum Gasteiger partial charge on any atom is 0.419 e. The Hall–Kier alpha value is -2.08. The Balaban J connectivity index is 2.25. The van der Waals surface area contributed by atoms with Crippen molar-refractivity contribution in [1.29, 1.82) is 0 Å². The summed E-state index contributed by atoms with van der Waals surface area (Å²) in [6, 6.07) is 5.22. The fraction of sp³-hybridized carbons (Fsp3) is 0.467. The van der Waals surface area contributed by atoms with Crippen molar-refractivity contribution in [2.24, 2.45) is 23.9 Å². The predicted octanol–water partition coefficient (Wildman–Crippen LogP) is 1.42. The number of fused-ring (bicyclic) bond motifs is 1. The van der Waals surface area contributed by atoms with Crippen molar-refractivity contribution in [3.8, 4) is 0 Å². The van der Waals surface area contributed by atoms with Crippen molar-refractivity contribution < 1.29 is 9.21 Å². The predicted molar refractivity (Wildman–Crippen MR) is 80.6 cm³/mol. The molecule has 0 saturated heterocycles. The van der Waals surface area contributed by atoms with E-state index in [-0.39, 0.29) is 23.8 Å². The third-order valence-electron chi connectivity index (χ3n) is 3.67. The SMILES string of the molecule is Cn1c(=O)oc2cc(C(N)CC(C)(C)CC(N)=O)ccc21. The van der Waals surface area contributed by atoms with Crippen LogP contribution in [0.25, 0.3) is 11.1 Å². The number of oxazole rings is 1. The van der Waals surface area contributed by atoms with Crippen molar-refractivity contribution in [2.45, 2.75) is 32.7 Å². The Morgan fingerprint density at radius 2 is 2.10 bits per heavy atom. The average molecular weight is 291 g/mol. The van der Waals surface area contributed by atoms with Gasteiger partial charge in [-0.05, 0) is 29.5 Å². The Bertz CT molecular complexity index is 727. The van der Waals surface area contributed by atoms with Crippen LogP contribution in [0.5, 0.6) is 0 Å². The lowest BCUT2D eigenvalue weighted by molar-refractivity contribution is -0.120. The van der Waals surface area contributed by atoms with Crippen LogP contribution in [-0.2, 0) is 11.8 Å². The summed E-state index contributed by atoms with van der Waals surface area (Å²) in [6.07, 6.45) is 0.891. The Kier molecular flexibility index (Phi) is 3.91. The number of carbonyl (C=O) groups excluding carboxylic acids is 1. The number of nitrogens with two attached hydrogens (primary N) is 2. The summed E-state index contributed by atoms with van der Waals surface area (Å²) >= 11 is 0. The summed E-state index contributed by atoms with van der Waals surface area (Å²) in [5, 5.41) is 0. The van der Waals surface area contributed by atoms with Crippen molar-refractivity contribution in [1.82, 2.24) is 4.57 Å². The lowest BCUT2D eigenvalue weighted by atomic mass is 9.81. The van der Waals surface area contributed by atoms with Crippen LogP contribution in [0.2, 0.25) is 0 Å². The third kappa shape index (κ3) is 3.33. The second-order valence-corrected chi connectivity index (χ2v) is 6.27. The number of rotatable bonds is 5.